The van der Waals surface area contributed by atoms with Crippen LogP contribution in [0.1, 0.15) is 34.1 Å². The third kappa shape index (κ3) is 3.59. The smallest absolute Gasteiger partial charge is 0.411 e. The topological polar surface area (TPSA) is 76.1 Å². The first kappa shape index (κ1) is 15.8. The lowest BCUT2D eigenvalue weighted by molar-refractivity contribution is -0.148. The summed E-state index contributed by atoms with van der Waals surface area (Å²) < 4.78 is 10.3. The molecule has 0 unspecified atom stereocenters. The van der Waals surface area contributed by atoms with E-state index in [1.807, 2.05) is 0 Å². The van der Waals surface area contributed by atoms with Gasteiger partial charge in [0, 0.05) is 19.6 Å². The van der Waals surface area contributed by atoms with Gasteiger partial charge in [-0.3, -0.25) is 4.90 Å². The van der Waals surface area contributed by atoms with Crippen molar-refractivity contribution in [2.45, 2.75) is 45.3 Å². The number of carbonyl (C=O) groups excluding carboxylic acids is 1. The maximum atomic E-state index is 12.1. The van der Waals surface area contributed by atoms with Crippen molar-refractivity contribution in [2.75, 3.05) is 20.3 Å². The number of hydrogen-bond acceptors (Lipinski definition) is 4. The van der Waals surface area contributed by atoms with Crippen LogP contribution in [0.3, 0.4) is 0 Å². The van der Waals surface area contributed by atoms with Gasteiger partial charge < -0.3 is 14.6 Å². The van der Waals surface area contributed by atoms with Crippen LogP contribution in [0.5, 0.6) is 0 Å². The van der Waals surface area contributed by atoms with Crippen LogP contribution in [-0.4, -0.2) is 53.5 Å². The molecule has 0 bridgehead atoms. The first-order chi connectivity index (χ1) is 8.60. The average molecular weight is 273 g/mol. The molecule has 1 aliphatic heterocycles. The number of rotatable bonds is 3. The van der Waals surface area contributed by atoms with Gasteiger partial charge in [0.05, 0.1) is 6.61 Å². The monoisotopic (exact) mass is 273 g/mol. The van der Waals surface area contributed by atoms with Gasteiger partial charge in [-0.15, -0.1) is 0 Å². The first-order valence-corrected chi connectivity index (χ1v) is 6.33. The van der Waals surface area contributed by atoms with E-state index in [0.717, 1.165) is 0 Å². The molecule has 110 valence electrons. The molecular formula is C13H23NO5. The molecule has 6 heteroatoms. The lowest BCUT2D eigenvalue weighted by Gasteiger charge is -2.32. The van der Waals surface area contributed by atoms with Crippen LogP contribution >= 0.6 is 0 Å². The van der Waals surface area contributed by atoms with Crippen LogP contribution in [0.25, 0.3) is 0 Å². The molecule has 0 aromatic carbocycles. The van der Waals surface area contributed by atoms with Crippen molar-refractivity contribution < 1.29 is 24.2 Å². The third-order valence-corrected chi connectivity index (χ3v) is 3.20. The summed E-state index contributed by atoms with van der Waals surface area (Å²) in [5.74, 6) is -1.00. The summed E-state index contributed by atoms with van der Waals surface area (Å²) in [6.07, 6.45) is -0.217. The number of hydrogen-bond donors (Lipinski definition) is 1. The highest BCUT2D eigenvalue weighted by atomic mass is 16.6. The summed E-state index contributed by atoms with van der Waals surface area (Å²) in [4.78, 5) is 24.9. The van der Waals surface area contributed by atoms with Crippen molar-refractivity contribution in [3.8, 4) is 0 Å². The van der Waals surface area contributed by atoms with E-state index in [2.05, 4.69) is 0 Å². The number of ether oxygens (including phenoxy) is 2. The molecular weight excluding hydrogens is 250 g/mol. The molecule has 1 N–H and O–H groups in total. The van der Waals surface area contributed by atoms with Crippen LogP contribution in [0, 0.1) is 5.92 Å². The Morgan fingerprint density at radius 1 is 1.42 bits per heavy atom. The molecule has 0 spiro atoms. The van der Waals surface area contributed by atoms with Gasteiger partial charge in [-0.1, -0.05) is 0 Å². The Labute approximate surface area is 113 Å². The summed E-state index contributed by atoms with van der Waals surface area (Å²) in [5, 5.41) is 9.39. The Balaban J connectivity index is 2.89. The Morgan fingerprint density at radius 3 is 2.42 bits per heavy atom. The Kier molecular flexibility index (Phi) is 4.45. The van der Waals surface area contributed by atoms with Gasteiger partial charge in [0.15, 0.2) is 0 Å². The van der Waals surface area contributed by atoms with Crippen molar-refractivity contribution in [1.82, 2.24) is 4.90 Å². The van der Waals surface area contributed by atoms with Crippen molar-refractivity contribution >= 4 is 12.1 Å². The van der Waals surface area contributed by atoms with E-state index in [1.54, 1.807) is 34.8 Å². The minimum Gasteiger partial charge on any atom is -0.480 e. The predicted molar refractivity (Wildman–Crippen MR) is 69.0 cm³/mol. The second-order valence-corrected chi connectivity index (χ2v) is 6.20. The van der Waals surface area contributed by atoms with E-state index < -0.39 is 23.2 Å². The van der Waals surface area contributed by atoms with Crippen molar-refractivity contribution in [1.29, 1.82) is 0 Å². The molecule has 1 aliphatic rings. The fraction of sp³-hybridized carbons (Fsp3) is 0.846. The van der Waals surface area contributed by atoms with Crippen molar-refractivity contribution in [2.24, 2.45) is 5.92 Å². The van der Waals surface area contributed by atoms with Crippen molar-refractivity contribution in [3.63, 3.8) is 0 Å². The molecule has 0 radical (unpaired) electrons. The number of carboxylic acids is 1. The molecule has 1 saturated heterocycles. The van der Waals surface area contributed by atoms with Gasteiger partial charge in [0.2, 0.25) is 0 Å². The standard InChI is InChI=1S/C13H23NO5/c1-12(2,3)19-11(17)14-7-9(8-18-5)6-13(14,4)10(15)16/h9H,6-8H2,1-5H3,(H,15,16)/t9-,13-/m0/s1. The third-order valence-electron chi connectivity index (χ3n) is 3.20. The highest BCUT2D eigenvalue weighted by Crippen LogP contribution is 2.34. The summed E-state index contributed by atoms with van der Waals surface area (Å²) in [7, 11) is 1.56. The molecule has 1 rings (SSSR count). The average Bonchev–Trinajstić information content (AvgIpc) is 2.55. The Morgan fingerprint density at radius 2 is 2.00 bits per heavy atom. The van der Waals surface area contributed by atoms with E-state index >= 15 is 0 Å². The van der Waals surface area contributed by atoms with Gasteiger partial charge >= 0.3 is 12.1 Å². The van der Waals surface area contributed by atoms with E-state index in [0.29, 0.717) is 19.6 Å². The second-order valence-electron chi connectivity index (χ2n) is 6.20. The number of nitrogens with zero attached hydrogens (tertiary/aromatic N) is 1. The Bertz CT molecular complexity index is 363. The fourth-order valence-electron chi connectivity index (χ4n) is 2.34. The molecule has 0 aromatic rings. The lowest BCUT2D eigenvalue weighted by Crippen LogP contribution is -2.52. The normalized spacial score (nSPS) is 27.4. The SMILES string of the molecule is COC[C@@H]1CN(C(=O)OC(C)(C)C)[C@](C)(C(=O)O)C1. The van der Waals surface area contributed by atoms with Gasteiger partial charge in [-0.2, -0.15) is 0 Å². The lowest BCUT2D eigenvalue weighted by atomic mass is 9.95. The summed E-state index contributed by atoms with van der Waals surface area (Å²) >= 11 is 0. The number of methoxy groups -OCH3 is 1. The van der Waals surface area contributed by atoms with Crippen molar-refractivity contribution in [3.05, 3.63) is 0 Å². The van der Waals surface area contributed by atoms with Gasteiger partial charge in [-0.25, -0.2) is 9.59 Å². The fourth-order valence-corrected chi connectivity index (χ4v) is 2.34. The van der Waals surface area contributed by atoms with E-state index in [9.17, 15) is 14.7 Å². The zero-order valence-electron chi connectivity index (χ0n) is 12.2. The predicted octanol–water partition coefficient (Wildman–Crippen LogP) is 1.73. The molecule has 2 atom stereocenters. The molecule has 1 amide bonds. The minimum atomic E-state index is -1.23. The molecule has 1 fully saturated rings. The van der Waals surface area contributed by atoms with Crippen LogP contribution in [0.2, 0.25) is 0 Å². The zero-order valence-corrected chi connectivity index (χ0v) is 12.2. The molecule has 19 heavy (non-hydrogen) atoms. The van der Waals surface area contributed by atoms with Gasteiger partial charge in [-0.05, 0) is 34.1 Å². The molecule has 1 heterocycles. The molecule has 0 aliphatic carbocycles. The van der Waals surface area contributed by atoms with Gasteiger partial charge in [0.25, 0.3) is 0 Å². The van der Waals surface area contributed by atoms with E-state index in [-0.39, 0.29) is 5.92 Å². The summed E-state index contributed by atoms with van der Waals surface area (Å²) in [6.45, 7) is 7.59. The molecule has 0 aromatic heterocycles. The Hall–Kier alpha value is -1.30. The zero-order chi connectivity index (χ0) is 14.8. The number of carbonyl (C=O) groups is 2. The maximum Gasteiger partial charge on any atom is 0.411 e. The number of aliphatic carboxylic acids is 1. The van der Waals surface area contributed by atoms with Crippen LogP contribution in [0.15, 0.2) is 0 Å². The quantitative estimate of drug-likeness (QED) is 0.847. The second kappa shape index (κ2) is 5.36. The maximum absolute atomic E-state index is 12.1. The molecule has 6 nitrogen and oxygen atoms in total. The summed E-state index contributed by atoms with van der Waals surface area (Å²) in [5.41, 5.74) is -1.87. The highest BCUT2D eigenvalue weighted by Gasteiger charge is 2.51. The van der Waals surface area contributed by atoms with E-state index in [4.69, 9.17) is 9.47 Å². The van der Waals surface area contributed by atoms with Crippen LogP contribution in [-0.2, 0) is 14.3 Å². The van der Waals surface area contributed by atoms with Crippen LogP contribution < -0.4 is 0 Å². The van der Waals surface area contributed by atoms with E-state index in [1.165, 1.54) is 4.90 Å². The van der Waals surface area contributed by atoms with Crippen LogP contribution in [0.4, 0.5) is 4.79 Å². The number of amides is 1. The largest absolute Gasteiger partial charge is 0.480 e. The molecule has 0 saturated carbocycles. The highest BCUT2D eigenvalue weighted by molar-refractivity contribution is 5.84. The first-order valence-electron chi connectivity index (χ1n) is 6.33. The minimum absolute atomic E-state index is 0.0126. The summed E-state index contributed by atoms with van der Waals surface area (Å²) in [6, 6.07) is 0. The van der Waals surface area contributed by atoms with Gasteiger partial charge in [0.1, 0.15) is 11.1 Å². The number of likely N-dealkylation sites (tertiary alicyclic amines) is 1. The number of carboxylic acid groups (broad SMARTS) is 1.